The molecule has 0 bridgehead atoms. The lowest BCUT2D eigenvalue weighted by Crippen LogP contribution is -2.16. The van der Waals surface area contributed by atoms with Crippen molar-refractivity contribution in [2.75, 3.05) is 7.11 Å². The zero-order valence-electron chi connectivity index (χ0n) is 10.3. The predicted octanol–water partition coefficient (Wildman–Crippen LogP) is 3.78. The van der Waals surface area contributed by atoms with Crippen molar-refractivity contribution in [1.82, 2.24) is 4.98 Å². The SMILES string of the molecule is COc1ncccc1Oc1ccc(OC(F)(F)F)cc1. The largest absolute Gasteiger partial charge is 0.573 e. The molecule has 20 heavy (non-hydrogen) atoms. The van der Waals surface area contributed by atoms with Crippen LogP contribution in [0.4, 0.5) is 13.2 Å². The first-order valence-electron chi connectivity index (χ1n) is 5.50. The molecule has 0 aliphatic rings. The number of alkyl halides is 3. The van der Waals surface area contributed by atoms with Gasteiger partial charge in [-0.1, -0.05) is 0 Å². The molecule has 1 aromatic heterocycles. The summed E-state index contributed by atoms with van der Waals surface area (Å²) in [6.07, 6.45) is -3.18. The maximum atomic E-state index is 12.0. The van der Waals surface area contributed by atoms with Crippen LogP contribution in [0.25, 0.3) is 0 Å². The van der Waals surface area contributed by atoms with Crippen LogP contribution in [0.15, 0.2) is 42.6 Å². The number of benzene rings is 1. The normalized spacial score (nSPS) is 11.0. The van der Waals surface area contributed by atoms with Gasteiger partial charge in [0.25, 0.3) is 5.88 Å². The number of pyridine rings is 1. The third-order valence-corrected chi connectivity index (χ3v) is 2.21. The first kappa shape index (κ1) is 14.0. The van der Waals surface area contributed by atoms with E-state index in [0.717, 1.165) is 12.1 Å². The molecule has 1 aromatic carbocycles. The maximum Gasteiger partial charge on any atom is 0.573 e. The van der Waals surface area contributed by atoms with Crippen LogP contribution in [0.3, 0.4) is 0 Å². The number of nitrogens with zero attached hydrogens (tertiary/aromatic N) is 1. The maximum absolute atomic E-state index is 12.0. The number of rotatable bonds is 4. The van der Waals surface area contributed by atoms with Crippen molar-refractivity contribution in [1.29, 1.82) is 0 Å². The van der Waals surface area contributed by atoms with Crippen LogP contribution in [0, 0.1) is 0 Å². The molecular formula is C13H10F3NO3. The van der Waals surface area contributed by atoms with Crippen LogP contribution >= 0.6 is 0 Å². The van der Waals surface area contributed by atoms with E-state index in [2.05, 4.69) is 9.72 Å². The van der Waals surface area contributed by atoms with Gasteiger partial charge in [-0.15, -0.1) is 13.2 Å². The molecule has 106 valence electrons. The Balaban J connectivity index is 2.11. The molecule has 0 radical (unpaired) electrons. The van der Waals surface area contributed by atoms with E-state index < -0.39 is 6.36 Å². The van der Waals surface area contributed by atoms with Crippen LogP contribution in [-0.4, -0.2) is 18.5 Å². The van der Waals surface area contributed by atoms with Crippen molar-refractivity contribution < 1.29 is 27.4 Å². The molecule has 0 unspecified atom stereocenters. The number of hydrogen-bond acceptors (Lipinski definition) is 4. The van der Waals surface area contributed by atoms with Gasteiger partial charge >= 0.3 is 6.36 Å². The zero-order chi connectivity index (χ0) is 14.6. The number of aromatic nitrogens is 1. The van der Waals surface area contributed by atoms with Crippen molar-refractivity contribution in [2.45, 2.75) is 6.36 Å². The summed E-state index contributed by atoms with van der Waals surface area (Å²) in [5, 5.41) is 0. The summed E-state index contributed by atoms with van der Waals surface area (Å²) < 4.78 is 50.2. The monoisotopic (exact) mass is 285 g/mol. The van der Waals surface area contributed by atoms with Gasteiger partial charge in [-0.25, -0.2) is 4.98 Å². The Labute approximate surface area is 112 Å². The minimum atomic E-state index is -4.71. The van der Waals surface area contributed by atoms with Crippen LogP contribution in [0.2, 0.25) is 0 Å². The molecule has 4 nitrogen and oxygen atoms in total. The molecular weight excluding hydrogens is 275 g/mol. The molecule has 2 aromatic rings. The van der Waals surface area contributed by atoms with E-state index in [1.54, 1.807) is 12.1 Å². The third-order valence-electron chi connectivity index (χ3n) is 2.21. The van der Waals surface area contributed by atoms with E-state index in [4.69, 9.17) is 9.47 Å². The molecule has 0 N–H and O–H groups in total. The fraction of sp³-hybridized carbons (Fsp3) is 0.154. The van der Waals surface area contributed by atoms with Gasteiger partial charge in [0.15, 0.2) is 5.75 Å². The summed E-state index contributed by atoms with van der Waals surface area (Å²) in [6.45, 7) is 0. The molecule has 0 saturated carbocycles. The van der Waals surface area contributed by atoms with Gasteiger partial charge in [0.2, 0.25) is 0 Å². The molecule has 0 amide bonds. The van der Waals surface area contributed by atoms with Gasteiger partial charge in [-0.2, -0.15) is 0 Å². The van der Waals surface area contributed by atoms with E-state index in [1.165, 1.54) is 25.4 Å². The lowest BCUT2D eigenvalue weighted by atomic mass is 10.3. The fourth-order valence-electron chi connectivity index (χ4n) is 1.44. The summed E-state index contributed by atoms with van der Waals surface area (Å²) in [5.41, 5.74) is 0. The van der Waals surface area contributed by atoms with Gasteiger partial charge in [-0.05, 0) is 36.4 Å². The van der Waals surface area contributed by atoms with E-state index >= 15 is 0 Å². The second kappa shape index (κ2) is 5.68. The Bertz CT molecular complexity index is 570. The third kappa shape index (κ3) is 3.78. The van der Waals surface area contributed by atoms with Crippen molar-refractivity contribution in [3.8, 4) is 23.1 Å². The first-order valence-corrected chi connectivity index (χ1v) is 5.50. The molecule has 0 fully saturated rings. The Morgan fingerprint density at radius 2 is 1.65 bits per heavy atom. The molecule has 2 rings (SSSR count). The Morgan fingerprint density at radius 3 is 2.25 bits per heavy atom. The minimum absolute atomic E-state index is 0.281. The van der Waals surface area contributed by atoms with Crippen molar-refractivity contribution in [3.05, 3.63) is 42.6 Å². The Morgan fingerprint density at radius 1 is 1.00 bits per heavy atom. The molecule has 7 heteroatoms. The van der Waals surface area contributed by atoms with Gasteiger partial charge in [0.05, 0.1) is 7.11 Å². The standard InChI is InChI=1S/C13H10F3NO3/c1-18-12-11(3-2-8-17-12)19-9-4-6-10(7-5-9)20-13(14,15)16/h2-8H,1H3. The first-order chi connectivity index (χ1) is 9.48. The van der Waals surface area contributed by atoms with Crippen molar-refractivity contribution in [3.63, 3.8) is 0 Å². The van der Waals surface area contributed by atoms with Crippen LogP contribution < -0.4 is 14.2 Å². The highest BCUT2D eigenvalue weighted by Crippen LogP contribution is 2.30. The molecule has 0 aliphatic carbocycles. The summed E-state index contributed by atoms with van der Waals surface area (Å²) >= 11 is 0. The highest BCUT2D eigenvalue weighted by atomic mass is 19.4. The number of halogens is 3. The molecule has 0 saturated heterocycles. The Hall–Kier alpha value is -2.44. The van der Waals surface area contributed by atoms with Gasteiger partial charge < -0.3 is 14.2 Å². The quantitative estimate of drug-likeness (QED) is 0.857. The molecule has 0 spiro atoms. The van der Waals surface area contributed by atoms with E-state index in [9.17, 15) is 13.2 Å². The van der Waals surface area contributed by atoms with E-state index in [1.807, 2.05) is 0 Å². The highest BCUT2D eigenvalue weighted by Gasteiger charge is 2.30. The predicted molar refractivity (Wildman–Crippen MR) is 64.0 cm³/mol. The average Bonchev–Trinajstić information content (AvgIpc) is 2.40. The van der Waals surface area contributed by atoms with E-state index in [0.29, 0.717) is 11.5 Å². The lowest BCUT2D eigenvalue weighted by Gasteiger charge is -2.11. The average molecular weight is 285 g/mol. The van der Waals surface area contributed by atoms with Crippen LogP contribution in [-0.2, 0) is 0 Å². The topological polar surface area (TPSA) is 40.6 Å². The van der Waals surface area contributed by atoms with Crippen molar-refractivity contribution >= 4 is 0 Å². The van der Waals surface area contributed by atoms with Gasteiger partial charge in [0.1, 0.15) is 11.5 Å². The van der Waals surface area contributed by atoms with Crippen molar-refractivity contribution in [2.24, 2.45) is 0 Å². The molecule has 0 aliphatic heterocycles. The zero-order valence-corrected chi connectivity index (χ0v) is 10.3. The van der Waals surface area contributed by atoms with E-state index in [-0.39, 0.29) is 11.6 Å². The van der Waals surface area contributed by atoms with Crippen LogP contribution in [0.1, 0.15) is 0 Å². The summed E-state index contributed by atoms with van der Waals surface area (Å²) in [7, 11) is 1.44. The van der Waals surface area contributed by atoms with Crippen LogP contribution in [0.5, 0.6) is 23.1 Å². The molecule has 1 heterocycles. The highest BCUT2D eigenvalue weighted by molar-refractivity contribution is 5.39. The summed E-state index contributed by atoms with van der Waals surface area (Å²) in [5.74, 6) is 0.663. The summed E-state index contributed by atoms with van der Waals surface area (Å²) in [4.78, 5) is 3.94. The second-order valence-corrected chi connectivity index (χ2v) is 3.63. The number of ether oxygens (including phenoxy) is 3. The number of methoxy groups -OCH3 is 1. The van der Waals surface area contributed by atoms with Gasteiger partial charge in [0, 0.05) is 6.20 Å². The summed E-state index contributed by atoms with van der Waals surface area (Å²) in [6, 6.07) is 8.31. The molecule has 0 atom stereocenters. The smallest absolute Gasteiger partial charge is 0.478 e. The fourth-order valence-corrected chi connectivity index (χ4v) is 1.44. The lowest BCUT2D eigenvalue weighted by molar-refractivity contribution is -0.274. The number of hydrogen-bond donors (Lipinski definition) is 0. The van der Waals surface area contributed by atoms with Gasteiger partial charge in [-0.3, -0.25) is 0 Å². The minimum Gasteiger partial charge on any atom is -0.478 e. The second-order valence-electron chi connectivity index (χ2n) is 3.63. The Kier molecular flexibility index (Phi) is 3.97.